The Kier molecular flexibility index (Phi) is 0.742. The molecule has 1 aliphatic carbocycles. The Bertz CT molecular complexity index is 139. The number of nitrogens with two attached hydrogens (primary N) is 1. The number of nitrogens with zero attached hydrogens (tertiary/aromatic N) is 1. The fourth-order valence-electron chi connectivity index (χ4n) is 1.47. The Balaban J connectivity index is 2.24. The van der Waals surface area contributed by atoms with Crippen molar-refractivity contribution in [2.24, 2.45) is 16.6 Å². The van der Waals surface area contributed by atoms with Crippen molar-refractivity contribution in [1.82, 2.24) is 0 Å². The normalized spacial score (nSPS) is 42.9. The molecule has 2 unspecified atom stereocenters. The summed E-state index contributed by atoms with van der Waals surface area (Å²) in [5.74, 6) is 0.794. The first kappa shape index (κ1) is 4.50. The largest absolute Gasteiger partial charge is 0.323 e. The Labute approximate surface area is 48.8 Å². The van der Waals surface area contributed by atoms with Gasteiger partial charge in [-0.15, -0.1) is 0 Å². The van der Waals surface area contributed by atoms with Crippen LogP contribution in [-0.2, 0) is 0 Å². The summed E-state index contributed by atoms with van der Waals surface area (Å²) in [6, 6.07) is 0.351. The standard InChI is InChI=1S/C6H10N2/c7-6-4-1-2-8-5(6)3-4/h4,6H,1-3,7H2. The van der Waals surface area contributed by atoms with Crippen LogP contribution in [0.3, 0.4) is 0 Å². The molecule has 2 atom stereocenters. The van der Waals surface area contributed by atoms with Gasteiger partial charge in [0.1, 0.15) is 0 Å². The highest BCUT2D eigenvalue weighted by molar-refractivity contribution is 5.96. The first-order chi connectivity index (χ1) is 3.88. The van der Waals surface area contributed by atoms with Gasteiger partial charge in [-0.05, 0) is 18.8 Å². The van der Waals surface area contributed by atoms with E-state index in [-0.39, 0.29) is 0 Å². The van der Waals surface area contributed by atoms with Crippen LogP contribution < -0.4 is 5.73 Å². The van der Waals surface area contributed by atoms with Crippen molar-refractivity contribution in [2.45, 2.75) is 18.9 Å². The average Bonchev–Trinajstić information content (AvgIpc) is 1.89. The van der Waals surface area contributed by atoms with Crippen LogP contribution in [0.1, 0.15) is 12.8 Å². The third kappa shape index (κ3) is 0.388. The van der Waals surface area contributed by atoms with Crippen molar-refractivity contribution >= 4 is 5.71 Å². The predicted molar refractivity (Wildman–Crippen MR) is 33.0 cm³/mol. The molecule has 2 heterocycles. The van der Waals surface area contributed by atoms with Crippen molar-refractivity contribution < 1.29 is 0 Å². The molecule has 0 spiro atoms. The molecule has 2 aliphatic heterocycles. The number of aliphatic imine (C=N–C) groups is 1. The Morgan fingerprint density at radius 2 is 2.50 bits per heavy atom. The van der Waals surface area contributed by atoms with E-state index < -0.39 is 0 Å². The van der Waals surface area contributed by atoms with Crippen LogP contribution in [0, 0.1) is 5.92 Å². The quantitative estimate of drug-likeness (QED) is 0.474. The average molecular weight is 110 g/mol. The van der Waals surface area contributed by atoms with E-state index in [4.69, 9.17) is 5.73 Å². The van der Waals surface area contributed by atoms with Gasteiger partial charge in [-0.25, -0.2) is 0 Å². The van der Waals surface area contributed by atoms with Gasteiger partial charge in [0.25, 0.3) is 0 Å². The van der Waals surface area contributed by atoms with Gasteiger partial charge in [-0.3, -0.25) is 4.99 Å². The van der Waals surface area contributed by atoms with Crippen LogP contribution in [0.15, 0.2) is 4.99 Å². The van der Waals surface area contributed by atoms with Crippen LogP contribution in [0.5, 0.6) is 0 Å². The first-order valence-corrected chi connectivity index (χ1v) is 3.17. The molecule has 0 aromatic rings. The minimum absolute atomic E-state index is 0.351. The fraction of sp³-hybridized carbons (Fsp3) is 0.833. The fourth-order valence-corrected chi connectivity index (χ4v) is 1.47. The summed E-state index contributed by atoms with van der Waals surface area (Å²) in [5, 5.41) is 0. The SMILES string of the molecule is NC1C2=NCCC1C2. The summed E-state index contributed by atoms with van der Waals surface area (Å²) >= 11 is 0. The van der Waals surface area contributed by atoms with Gasteiger partial charge < -0.3 is 5.73 Å². The second-order valence-corrected chi connectivity index (χ2v) is 2.65. The predicted octanol–water partition coefficient (Wildman–Crippen LogP) is 0.178. The van der Waals surface area contributed by atoms with E-state index >= 15 is 0 Å². The van der Waals surface area contributed by atoms with Crippen molar-refractivity contribution in [3.05, 3.63) is 0 Å². The summed E-state index contributed by atoms with van der Waals surface area (Å²) < 4.78 is 0. The van der Waals surface area contributed by atoms with E-state index in [0.29, 0.717) is 6.04 Å². The van der Waals surface area contributed by atoms with Gasteiger partial charge in [0.05, 0.1) is 0 Å². The number of hydrogen-bond acceptors (Lipinski definition) is 2. The Hall–Kier alpha value is -0.370. The minimum atomic E-state index is 0.351. The number of rotatable bonds is 0. The monoisotopic (exact) mass is 110 g/mol. The third-order valence-corrected chi connectivity index (χ3v) is 2.18. The highest BCUT2D eigenvalue weighted by atomic mass is 14.9. The Morgan fingerprint density at radius 3 is 2.75 bits per heavy atom. The molecule has 0 amide bonds. The summed E-state index contributed by atoms with van der Waals surface area (Å²) in [4.78, 5) is 4.27. The molecule has 3 aliphatic rings. The van der Waals surface area contributed by atoms with Gasteiger partial charge in [0.15, 0.2) is 0 Å². The van der Waals surface area contributed by atoms with Crippen LogP contribution in [0.2, 0.25) is 0 Å². The Morgan fingerprint density at radius 1 is 1.62 bits per heavy atom. The highest BCUT2D eigenvalue weighted by Crippen LogP contribution is 2.30. The summed E-state index contributed by atoms with van der Waals surface area (Å²) in [5.41, 5.74) is 6.96. The van der Waals surface area contributed by atoms with Gasteiger partial charge in [-0.1, -0.05) is 0 Å². The lowest BCUT2D eigenvalue weighted by molar-refractivity contribution is 0.385. The molecule has 0 radical (unpaired) electrons. The lowest BCUT2D eigenvalue weighted by atomic mass is 9.74. The molecule has 2 N–H and O–H groups in total. The van der Waals surface area contributed by atoms with E-state index in [0.717, 1.165) is 12.5 Å². The van der Waals surface area contributed by atoms with Gasteiger partial charge in [-0.2, -0.15) is 0 Å². The van der Waals surface area contributed by atoms with E-state index in [1.54, 1.807) is 0 Å². The van der Waals surface area contributed by atoms with Crippen molar-refractivity contribution in [3.63, 3.8) is 0 Å². The molecule has 44 valence electrons. The highest BCUT2D eigenvalue weighted by Gasteiger charge is 2.36. The zero-order valence-corrected chi connectivity index (χ0v) is 4.80. The molecule has 1 fully saturated rings. The lowest BCUT2D eigenvalue weighted by Gasteiger charge is -2.39. The minimum Gasteiger partial charge on any atom is -0.323 e. The molecule has 2 bridgehead atoms. The zero-order valence-electron chi connectivity index (χ0n) is 4.80. The van der Waals surface area contributed by atoms with Crippen molar-refractivity contribution in [2.75, 3.05) is 6.54 Å². The number of hydrogen-bond donors (Lipinski definition) is 1. The van der Waals surface area contributed by atoms with E-state index in [1.807, 2.05) is 0 Å². The molecule has 8 heavy (non-hydrogen) atoms. The van der Waals surface area contributed by atoms with E-state index in [9.17, 15) is 0 Å². The second kappa shape index (κ2) is 1.32. The third-order valence-electron chi connectivity index (χ3n) is 2.18. The van der Waals surface area contributed by atoms with Gasteiger partial charge in [0.2, 0.25) is 0 Å². The van der Waals surface area contributed by atoms with Gasteiger partial charge in [0, 0.05) is 18.3 Å². The molecule has 2 heteroatoms. The maximum absolute atomic E-state index is 5.70. The van der Waals surface area contributed by atoms with Crippen LogP contribution in [-0.4, -0.2) is 18.3 Å². The lowest BCUT2D eigenvalue weighted by Crippen LogP contribution is -2.52. The maximum atomic E-state index is 5.70. The van der Waals surface area contributed by atoms with Gasteiger partial charge >= 0.3 is 0 Å². The summed E-state index contributed by atoms with van der Waals surface area (Å²) in [6.45, 7) is 1.04. The maximum Gasteiger partial charge on any atom is 0.0458 e. The van der Waals surface area contributed by atoms with Crippen LogP contribution in [0.25, 0.3) is 0 Å². The molecule has 2 nitrogen and oxygen atoms in total. The van der Waals surface area contributed by atoms with Crippen LogP contribution >= 0.6 is 0 Å². The molecule has 0 saturated heterocycles. The van der Waals surface area contributed by atoms with E-state index in [1.165, 1.54) is 18.6 Å². The molecule has 0 aromatic heterocycles. The molecular weight excluding hydrogens is 100 g/mol. The molecule has 0 aromatic carbocycles. The summed E-state index contributed by atoms with van der Waals surface area (Å²) in [6.07, 6.45) is 2.42. The first-order valence-electron chi connectivity index (χ1n) is 3.17. The topological polar surface area (TPSA) is 38.4 Å². The van der Waals surface area contributed by atoms with Crippen molar-refractivity contribution in [1.29, 1.82) is 0 Å². The number of fused-ring (bicyclic) bond motifs is 2. The van der Waals surface area contributed by atoms with Crippen LogP contribution in [0.4, 0.5) is 0 Å². The zero-order chi connectivity index (χ0) is 5.56. The van der Waals surface area contributed by atoms with Crippen molar-refractivity contribution in [3.8, 4) is 0 Å². The smallest absolute Gasteiger partial charge is 0.0458 e. The molecule has 1 saturated carbocycles. The molecular formula is C6H10N2. The molecule has 3 rings (SSSR count). The second-order valence-electron chi connectivity index (χ2n) is 2.65. The van der Waals surface area contributed by atoms with E-state index in [2.05, 4.69) is 4.99 Å². The summed E-state index contributed by atoms with van der Waals surface area (Å²) in [7, 11) is 0.